The number of thiazole rings is 1. The van der Waals surface area contributed by atoms with E-state index in [2.05, 4.69) is 21.5 Å². The van der Waals surface area contributed by atoms with Gasteiger partial charge in [0.1, 0.15) is 11.5 Å². The van der Waals surface area contributed by atoms with Crippen LogP contribution in [0.4, 0.5) is 10.1 Å². The number of aromatic nitrogens is 1. The monoisotopic (exact) mass is 503 g/mol. The van der Waals surface area contributed by atoms with Gasteiger partial charge in [-0.05, 0) is 35.7 Å². The topological polar surface area (TPSA) is 94.6 Å². The molecule has 1 saturated heterocycles. The standard InChI is InChI=1S/C26H22FN5O3S/c1-2-23-30-22(15-36-23)26(35)32-10-8-31(9-11-32)25(34)18-12-16(6-7-20(18)27)13-28-21-5-3-4-17-19(21)14-29-24(17)33/h1,3-7,12,15,28H,8-11,13-14H2,(H,29,33). The van der Waals surface area contributed by atoms with Crippen LogP contribution in [-0.4, -0.2) is 58.7 Å². The molecule has 0 bridgehead atoms. The molecule has 2 aliphatic heterocycles. The number of carbonyl (C=O) groups excluding carboxylic acids is 3. The van der Waals surface area contributed by atoms with E-state index in [-0.39, 0.29) is 30.5 Å². The lowest BCUT2D eigenvalue weighted by molar-refractivity contribution is 0.0530. The average molecular weight is 504 g/mol. The summed E-state index contributed by atoms with van der Waals surface area (Å²) < 4.78 is 14.6. The Hall–Kier alpha value is -4.23. The summed E-state index contributed by atoms with van der Waals surface area (Å²) in [4.78, 5) is 45.0. The van der Waals surface area contributed by atoms with Crippen molar-refractivity contribution in [3.8, 4) is 12.3 Å². The second-order valence-electron chi connectivity index (χ2n) is 8.45. The van der Waals surface area contributed by atoms with Crippen molar-refractivity contribution in [3.05, 3.63) is 80.6 Å². The van der Waals surface area contributed by atoms with Gasteiger partial charge in [-0.1, -0.05) is 12.1 Å². The number of amides is 3. The number of nitrogens with zero attached hydrogens (tertiary/aromatic N) is 3. The van der Waals surface area contributed by atoms with E-state index in [1.165, 1.54) is 17.4 Å². The van der Waals surface area contributed by atoms with Crippen LogP contribution >= 0.6 is 11.3 Å². The summed E-state index contributed by atoms with van der Waals surface area (Å²) in [6, 6.07) is 9.92. The molecule has 0 spiro atoms. The van der Waals surface area contributed by atoms with Crippen LogP contribution in [0.1, 0.15) is 47.3 Å². The van der Waals surface area contributed by atoms with Crippen LogP contribution in [0.2, 0.25) is 0 Å². The molecule has 182 valence electrons. The van der Waals surface area contributed by atoms with E-state index in [4.69, 9.17) is 6.42 Å². The fourth-order valence-electron chi connectivity index (χ4n) is 4.35. The minimum absolute atomic E-state index is 0.0117. The lowest BCUT2D eigenvalue weighted by Gasteiger charge is -2.34. The molecule has 3 amide bonds. The molecule has 5 rings (SSSR count). The number of hydrogen-bond donors (Lipinski definition) is 2. The highest BCUT2D eigenvalue weighted by Gasteiger charge is 2.28. The predicted molar refractivity (Wildman–Crippen MR) is 133 cm³/mol. The number of anilines is 1. The molecule has 0 atom stereocenters. The Bertz CT molecular complexity index is 1400. The molecule has 2 aliphatic rings. The summed E-state index contributed by atoms with van der Waals surface area (Å²) >= 11 is 1.23. The number of piperazine rings is 1. The Morgan fingerprint density at radius 3 is 2.61 bits per heavy atom. The highest BCUT2D eigenvalue weighted by atomic mass is 32.1. The number of halogens is 1. The van der Waals surface area contributed by atoms with Gasteiger partial charge in [-0.2, -0.15) is 0 Å². The van der Waals surface area contributed by atoms with Gasteiger partial charge in [0.15, 0.2) is 5.01 Å². The molecule has 1 aromatic heterocycles. The number of carbonyl (C=O) groups is 3. The normalized spacial score (nSPS) is 14.7. The Morgan fingerprint density at radius 2 is 1.89 bits per heavy atom. The van der Waals surface area contributed by atoms with Gasteiger partial charge in [0, 0.05) is 61.5 Å². The van der Waals surface area contributed by atoms with Gasteiger partial charge >= 0.3 is 0 Å². The van der Waals surface area contributed by atoms with E-state index in [0.29, 0.717) is 42.4 Å². The van der Waals surface area contributed by atoms with Crippen LogP contribution < -0.4 is 10.6 Å². The third kappa shape index (κ3) is 4.53. The highest BCUT2D eigenvalue weighted by Crippen LogP contribution is 2.25. The number of nitrogens with one attached hydrogen (secondary N) is 2. The number of terminal acetylenes is 1. The highest BCUT2D eigenvalue weighted by molar-refractivity contribution is 7.10. The molecule has 0 radical (unpaired) electrons. The van der Waals surface area contributed by atoms with Crippen molar-refractivity contribution < 1.29 is 18.8 Å². The smallest absolute Gasteiger partial charge is 0.273 e. The van der Waals surface area contributed by atoms with E-state index >= 15 is 0 Å². The minimum atomic E-state index is -0.595. The molecule has 36 heavy (non-hydrogen) atoms. The lowest BCUT2D eigenvalue weighted by atomic mass is 10.1. The number of hydrogen-bond acceptors (Lipinski definition) is 6. The summed E-state index contributed by atoms with van der Waals surface area (Å²) in [5.74, 6) is 1.07. The van der Waals surface area contributed by atoms with Crippen molar-refractivity contribution in [3.63, 3.8) is 0 Å². The van der Waals surface area contributed by atoms with Gasteiger partial charge < -0.3 is 20.4 Å². The maximum absolute atomic E-state index is 14.6. The van der Waals surface area contributed by atoms with Gasteiger partial charge in [0.25, 0.3) is 17.7 Å². The van der Waals surface area contributed by atoms with Crippen molar-refractivity contribution in [1.82, 2.24) is 20.1 Å². The molecule has 0 saturated carbocycles. The van der Waals surface area contributed by atoms with E-state index in [0.717, 1.165) is 16.8 Å². The van der Waals surface area contributed by atoms with E-state index in [1.807, 2.05) is 6.07 Å². The SMILES string of the molecule is C#Cc1nc(C(=O)N2CCN(C(=O)c3cc(CNc4cccc5c4CNC5=O)ccc3F)CC2)cs1. The zero-order chi connectivity index (χ0) is 25.2. The fraction of sp³-hybridized carbons (Fsp3) is 0.231. The summed E-state index contributed by atoms with van der Waals surface area (Å²) in [5.41, 5.74) is 3.36. The van der Waals surface area contributed by atoms with Crippen LogP contribution in [0.5, 0.6) is 0 Å². The molecule has 0 aliphatic carbocycles. The minimum Gasteiger partial charge on any atom is -0.381 e. The second kappa shape index (κ2) is 9.79. The van der Waals surface area contributed by atoms with Crippen molar-refractivity contribution in [2.24, 2.45) is 0 Å². The van der Waals surface area contributed by atoms with Gasteiger partial charge in [-0.3, -0.25) is 14.4 Å². The largest absolute Gasteiger partial charge is 0.381 e. The zero-order valence-corrected chi connectivity index (χ0v) is 20.0. The Morgan fingerprint density at radius 1 is 1.14 bits per heavy atom. The van der Waals surface area contributed by atoms with Crippen LogP contribution in [0.3, 0.4) is 0 Å². The second-order valence-corrected chi connectivity index (χ2v) is 9.31. The van der Waals surface area contributed by atoms with Crippen molar-refractivity contribution in [2.45, 2.75) is 13.1 Å². The summed E-state index contributed by atoms with van der Waals surface area (Å²) in [6.45, 7) is 2.03. The van der Waals surface area contributed by atoms with Crippen LogP contribution in [0, 0.1) is 18.2 Å². The molecule has 10 heteroatoms. The Labute approximate surface area is 211 Å². The average Bonchev–Trinajstić information content (AvgIpc) is 3.55. The van der Waals surface area contributed by atoms with Gasteiger partial charge in [0.05, 0.1) is 5.56 Å². The molecular formula is C26H22FN5O3S. The summed E-state index contributed by atoms with van der Waals surface area (Å²) in [5, 5.41) is 8.16. The molecule has 3 heterocycles. The van der Waals surface area contributed by atoms with E-state index in [1.54, 1.807) is 39.4 Å². The molecule has 8 nitrogen and oxygen atoms in total. The number of benzene rings is 2. The lowest BCUT2D eigenvalue weighted by Crippen LogP contribution is -2.50. The molecule has 0 unspecified atom stereocenters. The van der Waals surface area contributed by atoms with Gasteiger partial charge in [-0.15, -0.1) is 17.8 Å². The van der Waals surface area contributed by atoms with Crippen molar-refractivity contribution in [2.75, 3.05) is 31.5 Å². The van der Waals surface area contributed by atoms with Crippen LogP contribution in [0.15, 0.2) is 41.8 Å². The summed E-state index contributed by atoms with van der Waals surface area (Å²) in [7, 11) is 0. The maximum Gasteiger partial charge on any atom is 0.273 e. The van der Waals surface area contributed by atoms with Gasteiger partial charge in [0.2, 0.25) is 0 Å². The first-order valence-electron chi connectivity index (χ1n) is 11.4. The predicted octanol–water partition coefficient (Wildman–Crippen LogP) is 2.72. The molecule has 2 aromatic carbocycles. The van der Waals surface area contributed by atoms with E-state index in [9.17, 15) is 18.8 Å². The molecule has 1 fully saturated rings. The summed E-state index contributed by atoms with van der Waals surface area (Å²) in [6.07, 6.45) is 5.33. The van der Waals surface area contributed by atoms with Crippen LogP contribution in [0.25, 0.3) is 0 Å². The van der Waals surface area contributed by atoms with Crippen molar-refractivity contribution in [1.29, 1.82) is 0 Å². The van der Waals surface area contributed by atoms with Gasteiger partial charge in [-0.25, -0.2) is 9.37 Å². The fourth-order valence-corrected chi connectivity index (χ4v) is 4.94. The number of rotatable bonds is 5. The first-order valence-corrected chi connectivity index (χ1v) is 12.3. The zero-order valence-electron chi connectivity index (χ0n) is 19.2. The molecule has 3 aromatic rings. The third-order valence-electron chi connectivity index (χ3n) is 6.29. The van der Waals surface area contributed by atoms with Crippen molar-refractivity contribution >= 4 is 34.7 Å². The first kappa shape index (κ1) is 23.5. The molecule has 2 N–H and O–H groups in total. The Balaban J connectivity index is 1.23. The third-order valence-corrected chi connectivity index (χ3v) is 7.06. The van der Waals surface area contributed by atoms with Crippen LogP contribution in [-0.2, 0) is 13.1 Å². The quantitative estimate of drug-likeness (QED) is 0.523. The van der Waals surface area contributed by atoms with E-state index < -0.39 is 11.7 Å². The number of fused-ring (bicyclic) bond motifs is 1. The Kier molecular flexibility index (Phi) is 6.40. The first-order chi connectivity index (χ1) is 17.4. The molecular weight excluding hydrogens is 481 g/mol. The maximum atomic E-state index is 14.6.